The fourth-order valence-corrected chi connectivity index (χ4v) is 2.28. The van der Waals surface area contributed by atoms with Crippen LogP contribution in [0.25, 0.3) is 0 Å². The van der Waals surface area contributed by atoms with Gasteiger partial charge in [-0.05, 0) is 59.6 Å². The quantitative estimate of drug-likeness (QED) is 0.666. The number of carbonyl (C=O) groups excluding carboxylic acids is 1. The molecule has 6 heteroatoms. The molecule has 0 fully saturated rings. The van der Waals surface area contributed by atoms with Crippen molar-refractivity contribution in [1.29, 1.82) is 0 Å². The van der Waals surface area contributed by atoms with Crippen LogP contribution >= 0.6 is 15.9 Å². The van der Waals surface area contributed by atoms with Crippen LogP contribution in [-0.4, -0.2) is 10.8 Å². The monoisotopic (exact) mass is 348 g/mol. The Morgan fingerprint density at radius 3 is 2.52 bits per heavy atom. The third kappa shape index (κ3) is 3.46. The van der Waals surface area contributed by atoms with E-state index in [1.807, 2.05) is 25.1 Å². The molecule has 1 N–H and O–H groups in total. The van der Waals surface area contributed by atoms with Crippen LogP contribution in [0.3, 0.4) is 0 Å². The minimum atomic E-state index is -0.464. The van der Waals surface area contributed by atoms with Crippen LogP contribution in [0, 0.1) is 24.0 Å². The summed E-state index contributed by atoms with van der Waals surface area (Å²) >= 11 is 3.37. The molecule has 0 aliphatic carbocycles. The normalized spacial score (nSPS) is 10.2. The average molecular weight is 349 g/mol. The van der Waals surface area contributed by atoms with Crippen molar-refractivity contribution >= 4 is 33.2 Å². The summed E-state index contributed by atoms with van der Waals surface area (Å²) in [7, 11) is 0. The summed E-state index contributed by atoms with van der Waals surface area (Å²) in [4.78, 5) is 22.5. The fourth-order valence-electron chi connectivity index (χ4n) is 1.93. The second-order valence-corrected chi connectivity index (χ2v) is 5.55. The van der Waals surface area contributed by atoms with Crippen molar-refractivity contribution in [2.45, 2.75) is 13.8 Å². The molecule has 108 valence electrons. The highest BCUT2D eigenvalue weighted by Gasteiger charge is 2.14. The number of nitrogens with one attached hydrogen (secondary N) is 1. The molecule has 21 heavy (non-hydrogen) atoms. The van der Waals surface area contributed by atoms with Crippen molar-refractivity contribution in [3.05, 3.63) is 67.7 Å². The average Bonchev–Trinajstić information content (AvgIpc) is 2.42. The second kappa shape index (κ2) is 6.05. The maximum Gasteiger partial charge on any atom is 0.272 e. The van der Waals surface area contributed by atoms with Crippen molar-refractivity contribution in [2.24, 2.45) is 0 Å². The molecule has 0 radical (unpaired) electrons. The number of rotatable bonds is 3. The smallest absolute Gasteiger partial charge is 0.272 e. The maximum absolute atomic E-state index is 12.2. The molecule has 1 amide bonds. The highest BCUT2D eigenvalue weighted by molar-refractivity contribution is 9.10. The maximum atomic E-state index is 12.2. The van der Waals surface area contributed by atoms with Crippen molar-refractivity contribution in [1.82, 2.24) is 0 Å². The van der Waals surface area contributed by atoms with Crippen LogP contribution in [0.4, 0.5) is 11.4 Å². The van der Waals surface area contributed by atoms with Gasteiger partial charge in [0.05, 0.1) is 10.6 Å². The van der Waals surface area contributed by atoms with Crippen molar-refractivity contribution in [3.8, 4) is 0 Å². The lowest BCUT2D eigenvalue weighted by molar-refractivity contribution is -0.385. The lowest BCUT2D eigenvalue weighted by atomic mass is 10.1. The summed E-state index contributed by atoms with van der Waals surface area (Å²) in [5.74, 6) is -0.306. The highest BCUT2D eigenvalue weighted by Crippen LogP contribution is 2.25. The van der Waals surface area contributed by atoms with E-state index in [0.717, 1.165) is 10.0 Å². The first-order chi connectivity index (χ1) is 9.88. The zero-order chi connectivity index (χ0) is 15.6. The molecular weight excluding hydrogens is 336 g/mol. The fraction of sp³-hybridized carbons (Fsp3) is 0.133. The Bertz CT molecular complexity index is 729. The van der Waals surface area contributed by atoms with E-state index < -0.39 is 4.92 Å². The van der Waals surface area contributed by atoms with E-state index in [2.05, 4.69) is 21.2 Å². The van der Waals surface area contributed by atoms with E-state index in [1.165, 1.54) is 18.2 Å². The van der Waals surface area contributed by atoms with Crippen LogP contribution in [0.2, 0.25) is 0 Å². The van der Waals surface area contributed by atoms with Crippen LogP contribution < -0.4 is 5.32 Å². The van der Waals surface area contributed by atoms with Crippen molar-refractivity contribution < 1.29 is 9.72 Å². The molecule has 0 aliphatic heterocycles. The zero-order valence-corrected chi connectivity index (χ0v) is 13.1. The Balaban J connectivity index is 2.26. The summed E-state index contributed by atoms with van der Waals surface area (Å²) in [5.41, 5.74) is 2.52. The minimum absolute atomic E-state index is 0.00304. The number of carbonyl (C=O) groups is 1. The predicted molar refractivity (Wildman–Crippen MR) is 84.7 cm³/mol. The van der Waals surface area contributed by atoms with Crippen LogP contribution in [0.1, 0.15) is 21.5 Å². The lowest BCUT2D eigenvalue weighted by Crippen LogP contribution is -2.12. The number of nitrogens with zero attached hydrogens (tertiary/aromatic N) is 1. The molecule has 0 bridgehead atoms. The molecule has 2 aromatic carbocycles. The van der Waals surface area contributed by atoms with E-state index in [-0.39, 0.29) is 11.6 Å². The molecule has 0 unspecified atom stereocenters. The van der Waals surface area contributed by atoms with Crippen LogP contribution in [0.5, 0.6) is 0 Å². The van der Waals surface area contributed by atoms with Gasteiger partial charge in [0.15, 0.2) is 0 Å². The first kappa shape index (κ1) is 15.2. The molecule has 0 aromatic heterocycles. The second-order valence-electron chi connectivity index (χ2n) is 4.70. The van der Waals surface area contributed by atoms with Crippen molar-refractivity contribution in [3.63, 3.8) is 0 Å². The van der Waals surface area contributed by atoms with E-state index >= 15 is 0 Å². The summed E-state index contributed by atoms with van der Waals surface area (Å²) in [6.45, 7) is 3.54. The Labute approximate surface area is 130 Å². The van der Waals surface area contributed by atoms with Gasteiger partial charge in [-0.3, -0.25) is 14.9 Å². The number of benzene rings is 2. The van der Waals surface area contributed by atoms with Crippen LogP contribution in [0.15, 0.2) is 40.9 Å². The van der Waals surface area contributed by atoms with Gasteiger partial charge in [-0.15, -0.1) is 0 Å². The Kier molecular flexibility index (Phi) is 4.37. The number of hydrogen-bond donors (Lipinski definition) is 1. The zero-order valence-electron chi connectivity index (χ0n) is 11.5. The first-order valence-electron chi connectivity index (χ1n) is 6.21. The van der Waals surface area contributed by atoms with E-state index in [4.69, 9.17) is 0 Å². The lowest BCUT2D eigenvalue weighted by Gasteiger charge is -2.09. The van der Waals surface area contributed by atoms with Gasteiger partial charge < -0.3 is 5.32 Å². The Morgan fingerprint density at radius 2 is 1.90 bits per heavy atom. The number of hydrogen-bond acceptors (Lipinski definition) is 3. The van der Waals surface area contributed by atoms with Gasteiger partial charge in [-0.2, -0.15) is 0 Å². The third-order valence-electron chi connectivity index (χ3n) is 3.03. The van der Waals surface area contributed by atoms with Crippen LogP contribution in [-0.2, 0) is 0 Å². The standard InChI is InChI=1S/C15H13BrN2O3/c1-9-3-5-12(16)13(7-9)17-15(19)11-4-6-14(18(20)21)10(2)8-11/h3-8H,1-2H3,(H,17,19). The van der Waals surface area contributed by atoms with E-state index in [0.29, 0.717) is 16.8 Å². The van der Waals surface area contributed by atoms with E-state index in [1.54, 1.807) is 6.92 Å². The van der Waals surface area contributed by atoms with Gasteiger partial charge in [0, 0.05) is 21.7 Å². The van der Waals surface area contributed by atoms with Gasteiger partial charge >= 0.3 is 0 Å². The number of halogens is 1. The molecule has 0 saturated carbocycles. The molecule has 5 nitrogen and oxygen atoms in total. The number of nitro benzene ring substituents is 1. The molecule has 2 aromatic rings. The third-order valence-corrected chi connectivity index (χ3v) is 3.72. The first-order valence-corrected chi connectivity index (χ1v) is 7.00. The van der Waals surface area contributed by atoms with Gasteiger partial charge in [0.25, 0.3) is 11.6 Å². The summed E-state index contributed by atoms with van der Waals surface area (Å²) in [5, 5.41) is 13.6. The van der Waals surface area contributed by atoms with Gasteiger partial charge in [-0.25, -0.2) is 0 Å². The molecule has 0 saturated heterocycles. The molecule has 0 atom stereocenters. The largest absolute Gasteiger partial charge is 0.321 e. The molecule has 0 heterocycles. The Hall–Kier alpha value is -2.21. The summed E-state index contributed by atoms with van der Waals surface area (Å²) in [6, 6.07) is 9.93. The molecule has 0 spiro atoms. The van der Waals surface area contributed by atoms with Gasteiger partial charge in [0.1, 0.15) is 0 Å². The topological polar surface area (TPSA) is 72.2 Å². The number of amides is 1. The number of nitro groups is 1. The van der Waals surface area contributed by atoms with Gasteiger partial charge in [0.2, 0.25) is 0 Å². The SMILES string of the molecule is Cc1ccc(Br)c(NC(=O)c2ccc([N+](=O)[O-])c(C)c2)c1. The number of aryl methyl sites for hydroxylation is 2. The summed E-state index contributed by atoms with van der Waals surface area (Å²) in [6.07, 6.45) is 0. The molecular formula is C15H13BrN2O3. The van der Waals surface area contributed by atoms with E-state index in [9.17, 15) is 14.9 Å². The number of anilines is 1. The molecule has 2 rings (SSSR count). The minimum Gasteiger partial charge on any atom is -0.321 e. The summed E-state index contributed by atoms with van der Waals surface area (Å²) < 4.78 is 0.778. The molecule has 0 aliphatic rings. The predicted octanol–water partition coefficient (Wildman–Crippen LogP) is 4.23. The van der Waals surface area contributed by atoms with Gasteiger partial charge in [-0.1, -0.05) is 6.07 Å². The van der Waals surface area contributed by atoms with Crippen molar-refractivity contribution in [2.75, 3.05) is 5.32 Å². The Morgan fingerprint density at radius 1 is 1.19 bits per heavy atom. The highest BCUT2D eigenvalue weighted by atomic mass is 79.9.